The molecule has 0 aliphatic heterocycles. The Morgan fingerprint density at radius 2 is 1.91 bits per heavy atom. The molecule has 0 spiro atoms. The summed E-state index contributed by atoms with van der Waals surface area (Å²) in [5, 5.41) is 8.63. The molecule has 5 nitrogen and oxygen atoms in total. The van der Waals surface area contributed by atoms with Crippen LogP contribution >= 0.6 is 0 Å². The Morgan fingerprint density at radius 3 is 2.77 bits per heavy atom. The van der Waals surface area contributed by atoms with Crippen molar-refractivity contribution in [3.8, 4) is 0 Å². The summed E-state index contributed by atoms with van der Waals surface area (Å²) < 4.78 is 2.29. The smallest absolute Gasteiger partial charge is 0.216 e. The Kier molecular flexibility index (Phi) is 4.34. The van der Waals surface area contributed by atoms with Gasteiger partial charge in [0.1, 0.15) is 0 Å². The number of benzene rings is 1. The highest BCUT2D eigenvalue weighted by Crippen LogP contribution is 2.27. The normalized spacial score (nSPS) is 11.1. The number of hydrogen-bond donors (Lipinski definition) is 2. The molecule has 0 saturated carbocycles. The van der Waals surface area contributed by atoms with E-state index in [2.05, 4.69) is 50.5 Å². The fourth-order valence-electron chi connectivity index (χ4n) is 2.78. The summed E-state index contributed by atoms with van der Waals surface area (Å²) in [6, 6.07) is 10.5. The maximum Gasteiger partial charge on any atom is 0.216 e. The number of carbonyl (C=O) groups excluding carboxylic acids is 1. The van der Waals surface area contributed by atoms with Gasteiger partial charge in [-0.1, -0.05) is 18.2 Å². The van der Waals surface area contributed by atoms with Crippen molar-refractivity contribution >= 4 is 27.7 Å². The minimum atomic E-state index is 0.00951. The van der Waals surface area contributed by atoms with Crippen molar-refractivity contribution in [2.75, 3.05) is 19.6 Å². The van der Waals surface area contributed by atoms with Gasteiger partial charge in [0.2, 0.25) is 5.91 Å². The molecule has 2 N–H and O–H groups in total. The van der Waals surface area contributed by atoms with Gasteiger partial charge in [-0.25, -0.2) is 0 Å². The van der Waals surface area contributed by atoms with E-state index in [1.807, 2.05) is 12.4 Å². The van der Waals surface area contributed by atoms with Gasteiger partial charge in [-0.2, -0.15) is 0 Å². The molecule has 2 aromatic heterocycles. The van der Waals surface area contributed by atoms with Crippen LogP contribution in [0.2, 0.25) is 0 Å². The molecule has 22 heavy (non-hydrogen) atoms. The average Bonchev–Trinajstić information content (AvgIpc) is 2.85. The number of hydrogen-bond acceptors (Lipinski definition) is 3. The largest absolute Gasteiger partial charge is 0.355 e. The molecular weight excluding hydrogens is 276 g/mol. The predicted molar refractivity (Wildman–Crippen MR) is 88.8 cm³/mol. The molecule has 0 fully saturated rings. The Balaban J connectivity index is 1.73. The fraction of sp³-hybridized carbons (Fsp3) is 0.294. The van der Waals surface area contributed by atoms with E-state index in [0.29, 0.717) is 6.54 Å². The van der Waals surface area contributed by atoms with Gasteiger partial charge in [-0.3, -0.25) is 9.78 Å². The van der Waals surface area contributed by atoms with Crippen molar-refractivity contribution in [3.05, 3.63) is 42.7 Å². The third-order valence-electron chi connectivity index (χ3n) is 3.76. The summed E-state index contributed by atoms with van der Waals surface area (Å²) >= 11 is 0. The monoisotopic (exact) mass is 296 g/mol. The molecule has 0 atom stereocenters. The van der Waals surface area contributed by atoms with Gasteiger partial charge in [-0.15, -0.1) is 0 Å². The second-order valence-corrected chi connectivity index (χ2v) is 5.29. The van der Waals surface area contributed by atoms with Gasteiger partial charge in [0.25, 0.3) is 0 Å². The Bertz CT molecular complexity index is 740. The number of nitrogens with one attached hydrogen (secondary N) is 2. The first-order valence-electron chi connectivity index (χ1n) is 7.53. The third-order valence-corrected chi connectivity index (χ3v) is 3.76. The van der Waals surface area contributed by atoms with Crippen molar-refractivity contribution in [1.29, 1.82) is 0 Å². The number of rotatable bonds is 6. The van der Waals surface area contributed by atoms with Crippen LogP contribution in [0.1, 0.15) is 6.92 Å². The minimum Gasteiger partial charge on any atom is -0.355 e. The first-order chi connectivity index (χ1) is 10.8. The summed E-state index contributed by atoms with van der Waals surface area (Å²) in [4.78, 5) is 15.1. The van der Waals surface area contributed by atoms with Crippen molar-refractivity contribution in [2.45, 2.75) is 13.5 Å². The molecule has 1 aromatic carbocycles. The highest BCUT2D eigenvalue weighted by Gasteiger charge is 2.09. The van der Waals surface area contributed by atoms with Crippen LogP contribution in [0.15, 0.2) is 42.7 Å². The number of pyridine rings is 1. The van der Waals surface area contributed by atoms with Crippen molar-refractivity contribution in [1.82, 2.24) is 20.2 Å². The number of fused-ring (bicyclic) bond motifs is 3. The van der Waals surface area contributed by atoms with Gasteiger partial charge in [0.15, 0.2) is 0 Å². The summed E-state index contributed by atoms with van der Waals surface area (Å²) in [5.41, 5.74) is 2.39. The van der Waals surface area contributed by atoms with E-state index < -0.39 is 0 Å². The molecule has 0 unspecified atom stereocenters. The average molecular weight is 296 g/mol. The molecular formula is C17H20N4O. The highest BCUT2D eigenvalue weighted by atomic mass is 16.1. The van der Waals surface area contributed by atoms with Gasteiger partial charge in [-0.05, 0) is 12.1 Å². The predicted octanol–water partition coefficient (Wildman–Crippen LogP) is 1.92. The zero-order chi connectivity index (χ0) is 15.4. The Hall–Kier alpha value is -2.40. The van der Waals surface area contributed by atoms with Gasteiger partial charge < -0.3 is 15.2 Å². The van der Waals surface area contributed by atoms with Crippen LogP contribution < -0.4 is 10.6 Å². The molecule has 114 valence electrons. The van der Waals surface area contributed by atoms with Gasteiger partial charge in [0.05, 0.1) is 11.7 Å². The third kappa shape index (κ3) is 2.94. The van der Waals surface area contributed by atoms with Gasteiger partial charge >= 0.3 is 0 Å². The molecule has 2 heterocycles. The van der Waals surface area contributed by atoms with E-state index in [9.17, 15) is 4.79 Å². The number of carbonyl (C=O) groups is 1. The van der Waals surface area contributed by atoms with Crippen molar-refractivity contribution in [2.24, 2.45) is 0 Å². The van der Waals surface area contributed by atoms with Crippen LogP contribution in [0.5, 0.6) is 0 Å². The van der Waals surface area contributed by atoms with Crippen LogP contribution in [0, 0.1) is 0 Å². The lowest BCUT2D eigenvalue weighted by molar-refractivity contribution is -0.118. The maximum atomic E-state index is 10.8. The SMILES string of the molecule is CC(=O)NCCNCCn1c2ccccc2c2ccncc21. The van der Waals surface area contributed by atoms with E-state index >= 15 is 0 Å². The van der Waals surface area contributed by atoms with E-state index in [-0.39, 0.29) is 5.91 Å². The summed E-state index contributed by atoms with van der Waals surface area (Å²) in [6.07, 6.45) is 3.76. The van der Waals surface area contributed by atoms with Crippen LogP contribution in [0.4, 0.5) is 0 Å². The van der Waals surface area contributed by atoms with E-state index in [0.717, 1.165) is 25.2 Å². The topological polar surface area (TPSA) is 59.0 Å². The molecule has 1 amide bonds. The second kappa shape index (κ2) is 6.58. The summed E-state index contributed by atoms with van der Waals surface area (Å²) in [7, 11) is 0. The molecule has 0 radical (unpaired) electrons. The van der Waals surface area contributed by atoms with E-state index in [4.69, 9.17) is 0 Å². The zero-order valence-corrected chi connectivity index (χ0v) is 12.7. The fourth-order valence-corrected chi connectivity index (χ4v) is 2.78. The number of nitrogens with zero attached hydrogens (tertiary/aromatic N) is 2. The highest BCUT2D eigenvalue weighted by molar-refractivity contribution is 6.07. The molecule has 0 saturated heterocycles. The molecule has 0 aliphatic rings. The first-order valence-corrected chi connectivity index (χ1v) is 7.53. The van der Waals surface area contributed by atoms with E-state index in [1.54, 1.807) is 0 Å². The zero-order valence-electron chi connectivity index (χ0n) is 12.7. The second-order valence-electron chi connectivity index (χ2n) is 5.29. The Labute approximate surface area is 129 Å². The minimum absolute atomic E-state index is 0.00951. The van der Waals surface area contributed by atoms with Crippen LogP contribution in [0.25, 0.3) is 21.8 Å². The molecule has 3 rings (SSSR count). The quantitative estimate of drug-likeness (QED) is 0.683. The lowest BCUT2D eigenvalue weighted by atomic mass is 10.2. The Morgan fingerprint density at radius 1 is 1.09 bits per heavy atom. The lowest BCUT2D eigenvalue weighted by Gasteiger charge is -2.09. The maximum absolute atomic E-state index is 10.8. The van der Waals surface area contributed by atoms with Crippen LogP contribution in [0.3, 0.4) is 0 Å². The molecule has 3 aromatic rings. The summed E-state index contributed by atoms with van der Waals surface area (Å²) in [6.45, 7) is 4.68. The van der Waals surface area contributed by atoms with E-state index in [1.165, 1.54) is 23.2 Å². The first kappa shape index (κ1) is 14.5. The number of amides is 1. The number of aromatic nitrogens is 2. The molecule has 0 bridgehead atoms. The summed E-state index contributed by atoms with van der Waals surface area (Å²) in [5.74, 6) is 0.00951. The van der Waals surface area contributed by atoms with Gasteiger partial charge in [0, 0.05) is 55.6 Å². The lowest BCUT2D eigenvalue weighted by Crippen LogP contribution is -2.31. The van der Waals surface area contributed by atoms with Crippen molar-refractivity contribution < 1.29 is 4.79 Å². The van der Waals surface area contributed by atoms with Crippen LogP contribution in [-0.4, -0.2) is 35.1 Å². The van der Waals surface area contributed by atoms with Crippen LogP contribution in [-0.2, 0) is 11.3 Å². The van der Waals surface area contributed by atoms with Crippen molar-refractivity contribution in [3.63, 3.8) is 0 Å². The molecule has 5 heteroatoms. The number of para-hydroxylation sites is 1. The molecule has 0 aliphatic carbocycles. The standard InChI is InChI=1S/C17H20N4O/c1-13(22)20-9-8-18-10-11-21-16-5-3-2-4-14(16)15-6-7-19-12-17(15)21/h2-7,12,18H,8-11H2,1H3,(H,20,22).